The van der Waals surface area contributed by atoms with Gasteiger partial charge in [-0.1, -0.05) is 42.6 Å². The summed E-state index contributed by atoms with van der Waals surface area (Å²) in [6.45, 7) is 10.7. The van der Waals surface area contributed by atoms with E-state index in [9.17, 15) is 4.79 Å². The summed E-state index contributed by atoms with van der Waals surface area (Å²) in [5.41, 5.74) is 4.92. The molecule has 1 aromatic carbocycles. The van der Waals surface area contributed by atoms with Gasteiger partial charge in [0, 0.05) is 11.5 Å². The molecule has 2 aliphatic carbocycles. The summed E-state index contributed by atoms with van der Waals surface area (Å²) in [5, 5.41) is 4.68. The Bertz CT molecular complexity index is 1430. The fourth-order valence-corrected chi connectivity index (χ4v) is 5.96. The van der Waals surface area contributed by atoms with Crippen molar-refractivity contribution in [1.29, 1.82) is 0 Å². The van der Waals surface area contributed by atoms with Gasteiger partial charge < -0.3 is 4.74 Å². The maximum absolute atomic E-state index is 13.4. The van der Waals surface area contributed by atoms with Crippen LogP contribution >= 0.6 is 15.9 Å². The molecular weight excluding hydrogens is 540 g/mol. The second-order valence-corrected chi connectivity index (χ2v) is 12.7. The molecule has 0 spiro atoms. The molecule has 2 fully saturated rings. The van der Waals surface area contributed by atoms with Gasteiger partial charge in [0.1, 0.15) is 11.9 Å². The van der Waals surface area contributed by atoms with Crippen molar-refractivity contribution >= 4 is 44.4 Å². The van der Waals surface area contributed by atoms with Gasteiger partial charge in [-0.2, -0.15) is 0 Å². The SMILES string of the molecule is CC#CC(=O)N(c1ccc2c(n1)c(OC1CCC(C(C)(C)C)CC1)nn2C)c1cc(C)c(Br)cc1C1CC1. The number of hydrogen-bond donors (Lipinski definition) is 0. The van der Waals surface area contributed by atoms with Crippen LogP contribution in [0, 0.1) is 30.1 Å². The van der Waals surface area contributed by atoms with Gasteiger partial charge in [0.2, 0.25) is 0 Å². The molecule has 7 heteroatoms. The molecule has 0 unspecified atom stereocenters. The van der Waals surface area contributed by atoms with Gasteiger partial charge in [0.15, 0.2) is 5.52 Å². The molecule has 1 amide bonds. The van der Waals surface area contributed by atoms with E-state index in [0.717, 1.165) is 65.3 Å². The second kappa shape index (κ2) is 10.4. The fraction of sp³-hybridized carbons (Fsp3) is 0.516. The molecule has 0 aliphatic heterocycles. The number of pyridine rings is 1. The molecule has 0 bridgehead atoms. The van der Waals surface area contributed by atoms with Gasteiger partial charge in [-0.05, 0) is 111 Å². The van der Waals surface area contributed by atoms with Crippen LogP contribution in [0.4, 0.5) is 11.5 Å². The number of halogens is 1. The summed E-state index contributed by atoms with van der Waals surface area (Å²) in [6.07, 6.45) is 6.70. The van der Waals surface area contributed by atoms with E-state index in [4.69, 9.17) is 9.72 Å². The highest BCUT2D eigenvalue weighted by Crippen LogP contribution is 2.47. The highest BCUT2D eigenvalue weighted by Gasteiger charge is 2.33. The Balaban J connectivity index is 1.52. The van der Waals surface area contributed by atoms with Crippen LogP contribution in [-0.4, -0.2) is 26.8 Å². The molecule has 6 nitrogen and oxygen atoms in total. The lowest BCUT2D eigenvalue weighted by molar-refractivity contribution is -0.112. The first-order valence-corrected chi connectivity index (χ1v) is 14.4. The molecule has 2 heterocycles. The number of amides is 1. The quantitative estimate of drug-likeness (QED) is 0.293. The number of nitrogens with zero attached hydrogens (tertiary/aromatic N) is 4. The average molecular weight is 578 g/mol. The van der Waals surface area contributed by atoms with E-state index in [1.54, 1.807) is 16.5 Å². The summed E-state index contributed by atoms with van der Waals surface area (Å²) >= 11 is 3.68. The first-order chi connectivity index (χ1) is 18.1. The maximum Gasteiger partial charge on any atom is 0.308 e. The molecule has 0 saturated heterocycles. The van der Waals surface area contributed by atoms with Crippen molar-refractivity contribution in [3.8, 4) is 17.7 Å². The molecule has 0 radical (unpaired) electrons. The van der Waals surface area contributed by atoms with Crippen molar-refractivity contribution in [2.24, 2.45) is 18.4 Å². The highest BCUT2D eigenvalue weighted by atomic mass is 79.9. The smallest absolute Gasteiger partial charge is 0.308 e. The van der Waals surface area contributed by atoms with Crippen LogP contribution in [0.5, 0.6) is 5.88 Å². The predicted octanol–water partition coefficient (Wildman–Crippen LogP) is 7.59. The van der Waals surface area contributed by atoms with E-state index in [-0.39, 0.29) is 12.0 Å². The first kappa shape index (κ1) is 26.7. The monoisotopic (exact) mass is 576 g/mol. The number of fused-ring (bicyclic) bond motifs is 1. The summed E-state index contributed by atoms with van der Waals surface area (Å²) in [4.78, 5) is 20.1. The Kier molecular flexibility index (Phi) is 7.30. The molecule has 2 saturated carbocycles. The highest BCUT2D eigenvalue weighted by molar-refractivity contribution is 9.10. The Morgan fingerprint density at radius 3 is 2.47 bits per heavy atom. The van der Waals surface area contributed by atoms with Crippen molar-refractivity contribution in [2.45, 2.75) is 85.2 Å². The third kappa shape index (κ3) is 5.33. The zero-order valence-corrected chi connectivity index (χ0v) is 24.9. The minimum Gasteiger partial charge on any atom is -0.472 e. The van der Waals surface area contributed by atoms with Gasteiger partial charge >= 0.3 is 5.91 Å². The van der Waals surface area contributed by atoms with Gasteiger partial charge in [0.25, 0.3) is 5.88 Å². The van der Waals surface area contributed by atoms with E-state index in [1.807, 2.05) is 26.1 Å². The van der Waals surface area contributed by atoms with Crippen LogP contribution < -0.4 is 9.64 Å². The number of hydrogen-bond acceptors (Lipinski definition) is 4. The van der Waals surface area contributed by atoms with E-state index < -0.39 is 0 Å². The number of carbonyl (C=O) groups is 1. The second-order valence-electron chi connectivity index (χ2n) is 11.9. The lowest BCUT2D eigenvalue weighted by atomic mass is 9.72. The van der Waals surface area contributed by atoms with Crippen LogP contribution in [0.1, 0.15) is 83.3 Å². The Morgan fingerprint density at radius 1 is 1.13 bits per heavy atom. The van der Waals surface area contributed by atoms with Crippen LogP contribution in [0.15, 0.2) is 28.7 Å². The van der Waals surface area contributed by atoms with Gasteiger partial charge in [-0.25, -0.2) is 4.98 Å². The third-order valence-electron chi connectivity index (χ3n) is 8.06. The van der Waals surface area contributed by atoms with E-state index >= 15 is 0 Å². The Hall–Kier alpha value is -2.85. The van der Waals surface area contributed by atoms with Crippen molar-refractivity contribution in [3.05, 3.63) is 39.9 Å². The predicted molar refractivity (Wildman–Crippen MR) is 156 cm³/mol. The zero-order chi connectivity index (χ0) is 27.2. The standard InChI is InChI=1S/C31H37BrN4O2/c1-7-8-28(37)36(26-17-19(2)24(32)18-23(26)20-9-10-20)27-16-15-25-29(33-27)30(34-35(25)6)38-22-13-11-21(12-14-22)31(3,4)5/h15-18,20-22H,9-14H2,1-6H3. The number of aryl methyl sites for hydroxylation is 2. The Morgan fingerprint density at radius 2 is 1.84 bits per heavy atom. The number of carbonyl (C=O) groups excluding carboxylic acids is 1. The van der Waals surface area contributed by atoms with Gasteiger partial charge in [-0.3, -0.25) is 14.4 Å². The van der Waals surface area contributed by atoms with Crippen molar-refractivity contribution < 1.29 is 9.53 Å². The summed E-state index contributed by atoms with van der Waals surface area (Å²) in [5.74, 6) is 7.44. The summed E-state index contributed by atoms with van der Waals surface area (Å²) in [7, 11) is 1.90. The largest absolute Gasteiger partial charge is 0.472 e. The molecule has 200 valence electrons. The molecule has 2 aliphatic rings. The van der Waals surface area contributed by atoms with Gasteiger partial charge in [-0.15, -0.1) is 5.10 Å². The van der Waals surface area contributed by atoms with E-state index in [2.05, 4.69) is 65.8 Å². The number of aromatic nitrogens is 3. The molecule has 0 atom stereocenters. The average Bonchev–Trinajstić information content (AvgIpc) is 3.66. The maximum atomic E-state index is 13.4. The molecule has 2 aromatic heterocycles. The molecule has 3 aromatic rings. The fourth-order valence-electron chi connectivity index (χ4n) is 5.60. The zero-order valence-electron chi connectivity index (χ0n) is 23.3. The normalized spacial score (nSPS) is 19.7. The lowest BCUT2D eigenvalue weighted by Crippen LogP contribution is -2.30. The Labute approximate surface area is 234 Å². The van der Waals surface area contributed by atoms with Gasteiger partial charge in [0.05, 0.1) is 11.2 Å². The van der Waals surface area contributed by atoms with Crippen molar-refractivity contribution in [3.63, 3.8) is 0 Å². The topological polar surface area (TPSA) is 60.3 Å². The first-order valence-electron chi connectivity index (χ1n) is 13.6. The third-order valence-corrected chi connectivity index (χ3v) is 8.91. The number of rotatable bonds is 5. The van der Waals surface area contributed by atoms with Crippen LogP contribution in [0.3, 0.4) is 0 Å². The molecule has 5 rings (SSSR count). The molecule has 38 heavy (non-hydrogen) atoms. The van der Waals surface area contributed by atoms with E-state index in [0.29, 0.717) is 34.5 Å². The minimum absolute atomic E-state index is 0.122. The number of ether oxygens (including phenoxy) is 1. The van der Waals surface area contributed by atoms with Crippen LogP contribution in [-0.2, 0) is 11.8 Å². The lowest BCUT2D eigenvalue weighted by Gasteiger charge is -2.36. The minimum atomic E-state index is -0.296. The van der Waals surface area contributed by atoms with Crippen LogP contribution in [0.25, 0.3) is 11.0 Å². The number of anilines is 2. The number of benzene rings is 1. The van der Waals surface area contributed by atoms with Crippen molar-refractivity contribution in [2.75, 3.05) is 4.90 Å². The summed E-state index contributed by atoms with van der Waals surface area (Å²) in [6, 6.07) is 8.06. The van der Waals surface area contributed by atoms with E-state index in [1.165, 1.54) is 0 Å². The van der Waals surface area contributed by atoms with Crippen LogP contribution in [0.2, 0.25) is 0 Å². The molecule has 0 N–H and O–H groups in total. The van der Waals surface area contributed by atoms with Crippen molar-refractivity contribution in [1.82, 2.24) is 14.8 Å². The summed E-state index contributed by atoms with van der Waals surface area (Å²) < 4.78 is 9.32. The molecular formula is C31H37BrN4O2.